The van der Waals surface area contributed by atoms with Gasteiger partial charge in [0.25, 0.3) is 5.91 Å². The molecule has 0 spiro atoms. The average Bonchev–Trinajstić information content (AvgIpc) is 2.32. The number of rotatable bonds is 5. The SMILES string of the molecule is CCNC(=O)c1ccc(NC(=O)COC)c(C)c1. The first-order chi connectivity index (χ1) is 8.58. The van der Waals surface area contributed by atoms with Gasteiger partial charge in [0.05, 0.1) is 0 Å². The van der Waals surface area contributed by atoms with Crippen molar-refractivity contribution >= 4 is 17.5 Å². The number of nitrogens with one attached hydrogen (secondary N) is 2. The van der Waals surface area contributed by atoms with Crippen LogP contribution < -0.4 is 10.6 Å². The van der Waals surface area contributed by atoms with E-state index in [-0.39, 0.29) is 18.4 Å². The largest absolute Gasteiger partial charge is 0.375 e. The molecule has 0 aliphatic carbocycles. The van der Waals surface area contributed by atoms with Gasteiger partial charge in [-0.25, -0.2) is 0 Å². The zero-order valence-corrected chi connectivity index (χ0v) is 10.9. The fourth-order valence-corrected chi connectivity index (χ4v) is 1.53. The normalized spacial score (nSPS) is 9.94. The molecule has 98 valence electrons. The third-order valence-electron chi connectivity index (χ3n) is 2.38. The molecule has 0 heterocycles. The van der Waals surface area contributed by atoms with E-state index in [1.54, 1.807) is 18.2 Å². The van der Waals surface area contributed by atoms with Gasteiger partial charge >= 0.3 is 0 Å². The number of aryl methyl sites for hydroxylation is 1. The Morgan fingerprint density at radius 2 is 2.06 bits per heavy atom. The first kappa shape index (κ1) is 14.2. The van der Waals surface area contributed by atoms with Gasteiger partial charge in [-0.15, -0.1) is 0 Å². The Morgan fingerprint density at radius 1 is 1.33 bits per heavy atom. The van der Waals surface area contributed by atoms with Crippen molar-refractivity contribution in [3.63, 3.8) is 0 Å². The lowest BCUT2D eigenvalue weighted by Gasteiger charge is -2.09. The fourth-order valence-electron chi connectivity index (χ4n) is 1.53. The Hall–Kier alpha value is -1.88. The molecular formula is C13H18N2O3. The van der Waals surface area contributed by atoms with E-state index in [1.165, 1.54) is 7.11 Å². The topological polar surface area (TPSA) is 67.4 Å². The average molecular weight is 250 g/mol. The van der Waals surface area contributed by atoms with Crippen molar-refractivity contribution in [2.24, 2.45) is 0 Å². The molecule has 1 aromatic carbocycles. The van der Waals surface area contributed by atoms with E-state index >= 15 is 0 Å². The van der Waals surface area contributed by atoms with Gasteiger partial charge in [0.1, 0.15) is 6.61 Å². The molecular weight excluding hydrogens is 232 g/mol. The van der Waals surface area contributed by atoms with Gasteiger partial charge in [-0.05, 0) is 37.6 Å². The summed E-state index contributed by atoms with van der Waals surface area (Å²) in [5.41, 5.74) is 2.10. The molecule has 0 aromatic heterocycles. The van der Waals surface area contributed by atoms with Crippen LogP contribution in [0, 0.1) is 6.92 Å². The monoisotopic (exact) mass is 250 g/mol. The molecule has 0 bridgehead atoms. The smallest absolute Gasteiger partial charge is 0.251 e. The number of hydrogen-bond donors (Lipinski definition) is 2. The van der Waals surface area contributed by atoms with Crippen molar-refractivity contribution in [1.82, 2.24) is 5.32 Å². The fraction of sp³-hybridized carbons (Fsp3) is 0.385. The van der Waals surface area contributed by atoms with Crippen LogP contribution in [-0.4, -0.2) is 32.1 Å². The van der Waals surface area contributed by atoms with Crippen LogP contribution in [0.3, 0.4) is 0 Å². The van der Waals surface area contributed by atoms with Crippen molar-refractivity contribution in [2.45, 2.75) is 13.8 Å². The summed E-state index contributed by atoms with van der Waals surface area (Å²) in [5, 5.41) is 5.44. The summed E-state index contributed by atoms with van der Waals surface area (Å²) in [6.45, 7) is 4.30. The Bertz CT molecular complexity index is 444. The first-order valence-corrected chi connectivity index (χ1v) is 5.76. The van der Waals surface area contributed by atoms with Crippen LogP contribution in [0.15, 0.2) is 18.2 Å². The van der Waals surface area contributed by atoms with E-state index in [0.29, 0.717) is 17.8 Å². The maximum absolute atomic E-state index is 11.6. The molecule has 0 radical (unpaired) electrons. The highest BCUT2D eigenvalue weighted by Gasteiger charge is 2.08. The molecule has 18 heavy (non-hydrogen) atoms. The minimum absolute atomic E-state index is 0.0114. The molecule has 5 nitrogen and oxygen atoms in total. The van der Waals surface area contributed by atoms with E-state index < -0.39 is 0 Å². The number of amides is 2. The van der Waals surface area contributed by atoms with E-state index in [0.717, 1.165) is 5.56 Å². The number of hydrogen-bond acceptors (Lipinski definition) is 3. The highest BCUT2D eigenvalue weighted by Crippen LogP contribution is 2.16. The van der Waals surface area contributed by atoms with Crippen LogP contribution in [0.5, 0.6) is 0 Å². The second kappa shape index (κ2) is 6.76. The number of methoxy groups -OCH3 is 1. The Kier molecular flexibility index (Phi) is 5.32. The van der Waals surface area contributed by atoms with Crippen LogP contribution in [0.1, 0.15) is 22.8 Å². The minimum Gasteiger partial charge on any atom is -0.375 e. The highest BCUT2D eigenvalue weighted by atomic mass is 16.5. The number of ether oxygens (including phenoxy) is 1. The molecule has 2 N–H and O–H groups in total. The molecule has 0 atom stereocenters. The Balaban J connectivity index is 2.79. The molecule has 1 aromatic rings. The highest BCUT2D eigenvalue weighted by molar-refractivity contribution is 5.96. The van der Waals surface area contributed by atoms with Crippen molar-refractivity contribution in [2.75, 3.05) is 25.6 Å². The van der Waals surface area contributed by atoms with Gasteiger partial charge in [0, 0.05) is 24.9 Å². The summed E-state index contributed by atoms with van der Waals surface area (Å²) in [6, 6.07) is 5.14. The van der Waals surface area contributed by atoms with Crippen LogP contribution in [0.25, 0.3) is 0 Å². The van der Waals surface area contributed by atoms with E-state index in [2.05, 4.69) is 10.6 Å². The molecule has 0 fully saturated rings. The molecule has 0 saturated heterocycles. The summed E-state index contributed by atoms with van der Waals surface area (Å²) in [7, 11) is 1.46. The Morgan fingerprint density at radius 3 is 2.61 bits per heavy atom. The molecule has 0 saturated carbocycles. The zero-order valence-electron chi connectivity index (χ0n) is 10.9. The van der Waals surface area contributed by atoms with Crippen molar-refractivity contribution in [3.8, 4) is 0 Å². The van der Waals surface area contributed by atoms with Crippen molar-refractivity contribution in [1.29, 1.82) is 0 Å². The van der Waals surface area contributed by atoms with Gasteiger partial charge in [0.2, 0.25) is 5.91 Å². The van der Waals surface area contributed by atoms with Crippen LogP contribution in [-0.2, 0) is 9.53 Å². The quantitative estimate of drug-likeness (QED) is 0.828. The van der Waals surface area contributed by atoms with Gasteiger partial charge in [-0.3, -0.25) is 9.59 Å². The zero-order chi connectivity index (χ0) is 13.5. The standard InChI is InChI=1S/C13H18N2O3/c1-4-14-13(17)10-5-6-11(9(2)7-10)15-12(16)8-18-3/h5-7H,4,8H2,1-3H3,(H,14,17)(H,15,16). The molecule has 1 rings (SSSR count). The maximum Gasteiger partial charge on any atom is 0.251 e. The summed E-state index contributed by atoms with van der Waals surface area (Å²) in [6.07, 6.45) is 0. The molecule has 0 unspecified atom stereocenters. The second-order valence-corrected chi connectivity index (χ2v) is 3.87. The third kappa shape index (κ3) is 3.85. The van der Waals surface area contributed by atoms with Gasteiger partial charge in [0.15, 0.2) is 0 Å². The summed E-state index contributed by atoms with van der Waals surface area (Å²) < 4.78 is 4.73. The van der Waals surface area contributed by atoms with Gasteiger partial charge in [-0.2, -0.15) is 0 Å². The lowest BCUT2D eigenvalue weighted by Crippen LogP contribution is -2.23. The van der Waals surface area contributed by atoms with Crippen LogP contribution >= 0.6 is 0 Å². The number of carbonyl (C=O) groups is 2. The Labute approximate surface area is 107 Å². The molecule has 5 heteroatoms. The maximum atomic E-state index is 11.6. The number of benzene rings is 1. The van der Waals surface area contributed by atoms with Gasteiger partial charge in [-0.1, -0.05) is 0 Å². The predicted octanol–water partition coefficient (Wildman–Crippen LogP) is 1.33. The predicted molar refractivity (Wildman–Crippen MR) is 69.7 cm³/mol. The number of anilines is 1. The lowest BCUT2D eigenvalue weighted by atomic mass is 10.1. The summed E-state index contributed by atoms with van der Waals surface area (Å²) in [5.74, 6) is -0.332. The molecule has 2 amide bonds. The summed E-state index contributed by atoms with van der Waals surface area (Å²) in [4.78, 5) is 23.0. The molecule has 0 aliphatic heterocycles. The lowest BCUT2D eigenvalue weighted by molar-refractivity contribution is -0.119. The van der Waals surface area contributed by atoms with Crippen molar-refractivity contribution < 1.29 is 14.3 Å². The van der Waals surface area contributed by atoms with Crippen molar-refractivity contribution in [3.05, 3.63) is 29.3 Å². The van der Waals surface area contributed by atoms with Crippen LogP contribution in [0.4, 0.5) is 5.69 Å². The first-order valence-electron chi connectivity index (χ1n) is 5.76. The number of carbonyl (C=O) groups excluding carboxylic acids is 2. The van der Waals surface area contributed by atoms with Gasteiger partial charge < -0.3 is 15.4 Å². The third-order valence-corrected chi connectivity index (χ3v) is 2.38. The van der Waals surface area contributed by atoms with Crippen LogP contribution in [0.2, 0.25) is 0 Å². The second-order valence-electron chi connectivity index (χ2n) is 3.87. The van der Waals surface area contributed by atoms with E-state index in [1.807, 2.05) is 13.8 Å². The minimum atomic E-state index is -0.216. The van der Waals surface area contributed by atoms with E-state index in [9.17, 15) is 9.59 Å². The summed E-state index contributed by atoms with van der Waals surface area (Å²) >= 11 is 0. The van der Waals surface area contributed by atoms with E-state index in [4.69, 9.17) is 4.74 Å². The molecule has 0 aliphatic rings.